The molecule has 2 aromatic carbocycles. The van der Waals surface area contributed by atoms with Crippen LogP contribution in [0.4, 0.5) is 5.69 Å². The summed E-state index contributed by atoms with van der Waals surface area (Å²) in [5.41, 5.74) is 4.92. The van der Waals surface area contributed by atoms with Crippen molar-refractivity contribution in [2.45, 2.75) is 26.3 Å². The molecular weight excluding hydrogens is 382 g/mol. The van der Waals surface area contributed by atoms with Crippen molar-refractivity contribution >= 4 is 39.9 Å². The van der Waals surface area contributed by atoms with Crippen LogP contribution in [-0.2, 0) is 11.2 Å². The summed E-state index contributed by atoms with van der Waals surface area (Å²) in [7, 11) is 1.38. The van der Waals surface area contributed by atoms with Gasteiger partial charge >= 0.3 is 5.97 Å². The van der Waals surface area contributed by atoms with Gasteiger partial charge < -0.3 is 19.9 Å². The van der Waals surface area contributed by atoms with Crippen molar-refractivity contribution in [3.63, 3.8) is 0 Å². The molecule has 4 rings (SSSR count). The second-order valence-corrected chi connectivity index (χ2v) is 8.05. The Balaban J connectivity index is 1.67. The van der Waals surface area contributed by atoms with Gasteiger partial charge in [0.15, 0.2) is 5.11 Å². The molecule has 1 aromatic heterocycles. The lowest BCUT2D eigenvalue weighted by Gasteiger charge is -2.40. The zero-order chi connectivity index (χ0) is 20.5. The van der Waals surface area contributed by atoms with Crippen LogP contribution in [0.15, 0.2) is 48.5 Å². The van der Waals surface area contributed by atoms with E-state index in [1.165, 1.54) is 29.3 Å². The molecule has 150 valence electrons. The van der Waals surface area contributed by atoms with E-state index in [2.05, 4.69) is 53.3 Å². The normalized spacial score (nSPS) is 16.0. The molecule has 0 fully saturated rings. The first-order valence-corrected chi connectivity index (χ1v) is 10.3. The Hall–Kier alpha value is -2.86. The minimum atomic E-state index is -0.382. The smallest absolute Gasteiger partial charge is 0.339 e. The van der Waals surface area contributed by atoms with Gasteiger partial charge in [-0.3, -0.25) is 0 Å². The number of methoxy groups -OCH3 is 1. The van der Waals surface area contributed by atoms with E-state index in [-0.39, 0.29) is 12.0 Å². The number of carbonyl (C=O) groups is 1. The van der Waals surface area contributed by atoms with Crippen molar-refractivity contribution in [2.24, 2.45) is 5.92 Å². The molecule has 0 amide bonds. The molecule has 2 heterocycles. The van der Waals surface area contributed by atoms with Crippen LogP contribution in [0, 0.1) is 5.92 Å². The summed E-state index contributed by atoms with van der Waals surface area (Å²) in [5, 5.41) is 5.20. The van der Waals surface area contributed by atoms with Gasteiger partial charge in [-0.25, -0.2) is 4.79 Å². The number of fused-ring (bicyclic) bond motifs is 3. The number of esters is 1. The van der Waals surface area contributed by atoms with Crippen LogP contribution in [-0.4, -0.2) is 34.6 Å². The highest BCUT2D eigenvalue weighted by Crippen LogP contribution is 2.38. The Bertz CT molecular complexity index is 1070. The number of anilines is 1. The Morgan fingerprint density at radius 1 is 1.21 bits per heavy atom. The van der Waals surface area contributed by atoms with E-state index in [9.17, 15) is 4.79 Å². The number of para-hydroxylation sites is 2. The molecule has 6 heteroatoms. The summed E-state index contributed by atoms with van der Waals surface area (Å²) < 4.78 is 4.90. The zero-order valence-corrected chi connectivity index (χ0v) is 17.7. The minimum absolute atomic E-state index is 0.136. The largest absolute Gasteiger partial charge is 0.465 e. The lowest BCUT2D eigenvalue weighted by atomic mass is 9.90. The number of hydrogen-bond donors (Lipinski definition) is 2. The third kappa shape index (κ3) is 3.49. The van der Waals surface area contributed by atoms with Gasteiger partial charge in [-0.05, 0) is 48.3 Å². The number of nitrogens with one attached hydrogen (secondary N) is 2. The molecule has 3 aromatic rings. The van der Waals surface area contributed by atoms with Crippen LogP contribution >= 0.6 is 12.2 Å². The number of thiocarbonyl (C=S) groups is 1. The van der Waals surface area contributed by atoms with E-state index >= 15 is 0 Å². The van der Waals surface area contributed by atoms with Crippen molar-refractivity contribution in [1.29, 1.82) is 0 Å². The molecule has 5 nitrogen and oxygen atoms in total. The third-order valence-electron chi connectivity index (χ3n) is 5.55. The van der Waals surface area contributed by atoms with Crippen LogP contribution < -0.4 is 5.32 Å². The van der Waals surface area contributed by atoms with E-state index in [1.807, 2.05) is 18.2 Å². The van der Waals surface area contributed by atoms with E-state index in [0.29, 0.717) is 22.3 Å². The number of ether oxygens (including phenoxy) is 1. The van der Waals surface area contributed by atoms with Crippen molar-refractivity contribution < 1.29 is 9.53 Å². The molecule has 0 spiro atoms. The number of benzene rings is 2. The second kappa shape index (κ2) is 7.87. The predicted octanol–water partition coefficient (Wildman–Crippen LogP) is 4.91. The molecule has 29 heavy (non-hydrogen) atoms. The Morgan fingerprint density at radius 2 is 1.93 bits per heavy atom. The van der Waals surface area contributed by atoms with Gasteiger partial charge in [0.1, 0.15) is 0 Å². The number of aromatic amines is 1. The Labute approximate surface area is 176 Å². The summed E-state index contributed by atoms with van der Waals surface area (Å²) in [6, 6.07) is 15.9. The maximum absolute atomic E-state index is 12.1. The first kappa shape index (κ1) is 19.5. The topological polar surface area (TPSA) is 57.4 Å². The fourth-order valence-corrected chi connectivity index (χ4v) is 4.57. The first-order chi connectivity index (χ1) is 14.0. The zero-order valence-electron chi connectivity index (χ0n) is 16.9. The lowest BCUT2D eigenvalue weighted by Crippen LogP contribution is -2.44. The van der Waals surface area contributed by atoms with Crippen LogP contribution in [0.2, 0.25) is 0 Å². The van der Waals surface area contributed by atoms with Gasteiger partial charge in [-0.1, -0.05) is 44.2 Å². The fraction of sp³-hybridized carbons (Fsp3) is 0.304. The van der Waals surface area contributed by atoms with Crippen molar-refractivity contribution in [2.75, 3.05) is 19.0 Å². The summed E-state index contributed by atoms with van der Waals surface area (Å²) >= 11 is 5.79. The number of aromatic nitrogens is 1. The fourth-order valence-electron chi connectivity index (χ4n) is 4.26. The van der Waals surface area contributed by atoms with E-state index in [4.69, 9.17) is 17.0 Å². The van der Waals surface area contributed by atoms with Gasteiger partial charge in [0, 0.05) is 23.1 Å². The maximum atomic E-state index is 12.1. The van der Waals surface area contributed by atoms with Crippen molar-refractivity contribution in [3.05, 3.63) is 65.4 Å². The molecule has 1 aliphatic heterocycles. The van der Waals surface area contributed by atoms with E-state index < -0.39 is 0 Å². The minimum Gasteiger partial charge on any atom is -0.465 e. The third-order valence-corrected chi connectivity index (χ3v) is 5.88. The van der Waals surface area contributed by atoms with E-state index in [1.54, 1.807) is 6.07 Å². The molecule has 0 unspecified atom stereocenters. The molecule has 0 radical (unpaired) electrons. The number of hydrogen-bond acceptors (Lipinski definition) is 3. The van der Waals surface area contributed by atoms with Crippen molar-refractivity contribution in [3.8, 4) is 0 Å². The van der Waals surface area contributed by atoms with Gasteiger partial charge in [0.2, 0.25) is 0 Å². The Kier molecular flexibility index (Phi) is 5.28. The van der Waals surface area contributed by atoms with Gasteiger partial charge in [0.25, 0.3) is 0 Å². The summed E-state index contributed by atoms with van der Waals surface area (Å²) in [6.07, 6.45) is 0.920. The highest BCUT2D eigenvalue weighted by atomic mass is 32.1. The standard InChI is InChI=1S/C23H25N3O2S/c1-14(2)21-20-16(15-8-4-6-10-18(15)24-20)12-13-26(21)23(29)25-19-11-7-5-9-17(19)22(27)28-3/h4-11,14,21,24H,12-13H2,1-3H3,(H,25,29)/t21-/m0/s1. The van der Waals surface area contributed by atoms with Crippen LogP contribution in [0.5, 0.6) is 0 Å². The molecule has 2 N–H and O–H groups in total. The Morgan fingerprint density at radius 3 is 2.69 bits per heavy atom. The highest BCUT2D eigenvalue weighted by molar-refractivity contribution is 7.80. The summed E-state index contributed by atoms with van der Waals surface area (Å²) in [6.45, 7) is 5.25. The number of nitrogens with zero attached hydrogens (tertiary/aromatic N) is 1. The average molecular weight is 408 g/mol. The van der Waals surface area contributed by atoms with Gasteiger partial charge in [0.05, 0.1) is 24.4 Å². The van der Waals surface area contributed by atoms with E-state index in [0.717, 1.165) is 13.0 Å². The number of carbonyl (C=O) groups excluding carboxylic acids is 1. The number of rotatable bonds is 3. The highest BCUT2D eigenvalue weighted by Gasteiger charge is 2.34. The summed E-state index contributed by atoms with van der Waals surface area (Å²) in [4.78, 5) is 18.0. The average Bonchev–Trinajstić information content (AvgIpc) is 3.11. The SMILES string of the molecule is COC(=O)c1ccccc1NC(=S)N1CCc2c([nH]c3ccccc23)[C@@H]1C(C)C. The first-order valence-electron chi connectivity index (χ1n) is 9.85. The number of H-pyrrole nitrogens is 1. The lowest BCUT2D eigenvalue weighted by molar-refractivity contribution is 0.0602. The molecule has 0 bridgehead atoms. The van der Waals surface area contributed by atoms with Crippen LogP contribution in [0.1, 0.15) is 41.5 Å². The molecule has 0 saturated heterocycles. The summed E-state index contributed by atoms with van der Waals surface area (Å²) in [5.74, 6) is -0.0226. The predicted molar refractivity (Wildman–Crippen MR) is 120 cm³/mol. The maximum Gasteiger partial charge on any atom is 0.339 e. The van der Waals surface area contributed by atoms with Gasteiger partial charge in [-0.15, -0.1) is 0 Å². The van der Waals surface area contributed by atoms with Crippen LogP contribution in [0.3, 0.4) is 0 Å². The second-order valence-electron chi connectivity index (χ2n) is 7.66. The molecule has 0 saturated carbocycles. The molecule has 1 atom stereocenters. The van der Waals surface area contributed by atoms with Crippen molar-refractivity contribution in [1.82, 2.24) is 9.88 Å². The monoisotopic (exact) mass is 407 g/mol. The quantitative estimate of drug-likeness (QED) is 0.477. The van der Waals surface area contributed by atoms with Gasteiger partial charge in [-0.2, -0.15) is 0 Å². The van der Waals surface area contributed by atoms with Crippen LogP contribution in [0.25, 0.3) is 10.9 Å². The molecular formula is C23H25N3O2S. The molecule has 0 aliphatic carbocycles. The molecule has 1 aliphatic rings.